The van der Waals surface area contributed by atoms with Crippen molar-refractivity contribution in [2.45, 2.75) is 203 Å². The Hall–Kier alpha value is -14.8. The van der Waals surface area contributed by atoms with Gasteiger partial charge in [0, 0.05) is 38.9 Å². The molecule has 702 valence electrons. The lowest BCUT2D eigenvalue weighted by Gasteiger charge is -2.33. The lowest BCUT2D eigenvalue weighted by Crippen LogP contribution is -2.65. The number of aliphatic carboxylic acids is 3. The fourth-order valence-electron chi connectivity index (χ4n) is 14.4. The third-order valence-corrected chi connectivity index (χ3v) is 21.5. The molecule has 0 spiro atoms. The highest BCUT2D eigenvalue weighted by Crippen LogP contribution is 2.18. The molecule has 16 atom stereocenters. The summed E-state index contributed by atoms with van der Waals surface area (Å²) in [6.45, 7) is 11.8. The first-order valence-electron chi connectivity index (χ1n) is 43.2. The average molecular weight is 1810 g/mol. The van der Waals surface area contributed by atoms with Crippen LogP contribution in [0.5, 0.6) is 0 Å². The van der Waals surface area contributed by atoms with Crippen molar-refractivity contribution in [2.24, 2.45) is 49.9 Å². The van der Waals surface area contributed by atoms with E-state index in [0.29, 0.717) is 67.8 Å². The summed E-state index contributed by atoms with van der Waals surface area (Å²) in [4.78, 5) is 204. The summed E-state index contributed by atoms with van der Waals surface area (Å²) in [5.41, 5.74) is 22.2. The molecule has 131 heavy (non-hydrogen) atoms. The van der Waals surface area contributed by atoms with Gasteiger partial charge in [-0.15, -0.1) is 0 Å². The van der Waals surface area contributed by atoms with Gasteiger partial charge in [0.2, 0.25) is 35.4 Å². The normalized spacial score (nSPS) is 17.3. The summed E-state index contributed by atoms with van der Waals surface area (Å²) in [5, 5.41) is 69.1. The number of aldehydes is 3. The summed E-state index contributed by atoms with van der Waals surface area (Å²) in [5.74, 6) is -7.93. The van der Waals surface area contributed by atoms with Crippen molar-refractivity contribution in [1.29, 1.82) is 0 Å². The smallest absolute Gasteiger partial charge is 0.326 e. The maximum Gasteiger partial charge on any atom is 0.326 e. The fourth-order valence-corrected chi connectivity index (χ4v) is 14.4. The number of nitrogens with one attached hydrogen (secondary N) is 15. The number of hydrogen-bond donors (Lipinski definition) is 21. The van der Waals surface area contributed by atoms with Crippen molar-refractivity contribution in [3.05, 3.63) is 215 Å². The second-order valence-electron chi connectivity index (χ2n) is 32.6. The Bertz CT molecular complexity index is 4850. The number of urea groups is 3. The quantitative estimate of drug-likeness (QED) is 0.0238. The SMILES string of the molecule is CC(C)C[C@H](NC(=O)[C@@H](NC(=O)N[C@@H](Cc1ccccc1)C(=O)O)[C@@H]1CCN=C(N)N1)C(=O)N[C@H](C=O)Cc1ccccc1.CC(C)[C@H](NC(=O)[C@@H](NC(=O)N[C@@H](Cc1ccccc1)C(=O)O)[C@@H]1CCN=C(N)N1)C(=O)N[C@H](C=O)Cc1ccccc1.CC[C@@H](C)[C@H](NC(=O)[C@@H](NC(=O)N[C@@H](Cc1ccccc1)C(=O)O)[C@@H]1CCN=C(N)N1)C(=O)N[C@H](C=O)Cc1ccccc1. The molecule has 3 aliphatic rings. The molecule has 0 aromatic heterocycles. The zero-order valence-electron chi connectivity index (χ0n) is 73.9. The summed E-state index contributed by atoms with van der Waals surface area (Å²) in [6.07, 6.45) is 4.63. The predicted molar refractivity (Wildman–Crippen MR) is 489 cm³/mol. The van der Waals surface area contributed by atoms with Gasteiger partial charge in [-0.1, -0.05) is 230 Å². The van der Waals surface area contributed by atoms with E-state index >= 15 is 0 Å². The van der Waals surface area contributed by atoms with Crippen LogP contribution in [-0.2, 0) is 96.1 Å². The van der Waals surface area contributed by atoms with E-state index in [-0.39, 0.29) is 93.7 Å². The van der Waals surface area contributed by atoms with Crippen LogP contribution >= 0.6 is 0 Å². The molecule has 3 aliphatic heterocycles. The molecular weight excluding hydrogens is 1690 g/mol. The monoisotopic (exact) mass is 1810 g/mol. The second-order valence-corrected chi connectivity index (χ2v) is 32.6. The molecule has 24 N–H and O–H groups in total. The van der Waals surface area contributed by atoms with Gasteiger partial charge in [-0.2, -0.15) is 0 Å². The molecule has 0 radical (unpaired) electrons. The average Bonchev–Trinajstić information content (AvgIpc) is 0.833. The summed E-state index contributed by atoms with van der Waals surface area (Å²) < 4.78 is 0. The number of carbonyl (C=O) groups excluding carboxylic acids is 12. The maximum absolute atomic E-state index is 13.7. The molecule has 39 heteroatoms. The van der Waals surface area contributed by atoms with E-state index in [0.717, 1.165) is 16.7 Å². The lowest BCUT2D eigenvalue weighted by molar-refractivity contribution is -0.140. The molecule has 9 rings (SSSR count). The van der Waals surface area contributed by atoms with Crippen molar-refractivity contribution < 1.29 is 87.2 Å². The number of carbonyl (C=O) groups is 15. The maximum atomic E-state index is 13.7. The Labute approximate surface area is 759 Å². The third-order valence-electron chi connectivity index (χ3n) is 21.5. The minimum absolute atomic E-state index is 0.00513. The van der Waals surface area contributed by atoms with Crippen LogP contribution in [0, 0.1) is 17.8 Å². The number of amides is 12. The van der Waals surface area contributed by atoms with Gasteiger partial charge in [0.1, 0.15) is 73.2 Å². The molecule has 6 aromatic rings. The molecule has 12 amide bonds. The van der Waals surface area contributed by atoms with Crippen molar-refractivity contribution >= 4 is 108 Å². The number of carboxylic acids is 3. The van der Waals surface area contributed by atoms with Crippen molar-refractivity contribution in [3.8, 4) is 0 Å². The van der Waals surface area contributed by atoms with E-state index in [1.54, 1.807) is 112 Å². The Kier molecular flexibility index (Phi) is 42.3. The number of guanidine groups is 3. The second kappa shape index (κ2) is 53.7. The highest BCUT2D eigenvalue weighted by Gasteiger charge is 2.41. The molecule has 0 bridgehead atoms. The number of aliphatic imine (C=N–C) groups is 3. The Morgan fingerprint density at radius 3 is 0.855 bits per heavy atom. The van der Waals surface area contributed by atoms with E-state index in [1.165, 1.54) is 0 Å². The van der Waals surface area contributed by atoms with Gasteiger partial charge in [-0.3, -0.25) is 43.7 Å². The molecule has 3 heterocycles. The summed E-state index contributed by atoms with van der Waals surface area (Å²) in [6, 6.07) is 36.2. The van der Waals surface area contributed by atoms with Crippen molar-refractivity contribution in [2.75, 3.05) is 19.6 Å². The van der Waals surface area contributed by atoms with Gasteiger partial charge in [0.05, 0.1) is 36.3 Å². The zero-order valence-corrected chi connectivity index (χ0v) is 73.9. The van der Waals surface area contributed by atoms with Gasteiger partial charge < -0.3 is 127 Å². The summed E-state index contributed by atoms with van der Waals surface area (Å²) >= 11 is 0. The number of rotatable bonds is 44. The topological polar surface area (TPSA) is 612 Å². The van der Waals surface area contributed by atoms with Crippen LogP contribution < -0.4 is 97.0 Å². The van der Waals surface area contributed by atoms with Crippen LogP contribution in [0.3, 0.4) is 0 Å². The molecule has 0 saturated heterocycles. The molecule has 0 fully saturated rings. The first-order valence-corrected chi connectivity index (χ1v) is 43.2. The van der Waals surface area contributed by atoms with E-state index in [9.17, 15) is 87.2 Å². The highest BCUT2D eigenvalue weighted by atomic mass is 16.4. The third kappa shape index (κ3) is 35.7. The van der Waals surface area contributed by atoms with Crippen LogP contribution in [0.25, 0.3) is 0 Å². The standard InChI is InChI=1S/2C31H41N7O6.C30H39N7O6/c1-19(2)15-24(27(40)34-22(18-39)16-20-9-5-3-6-10-20)35-28(41)26(23-13-14-33-30(32)36-23)38-31(44)37-25(29(42)43)17-21-11-7-4-8-12-21;1-3-19(2)25(27(40)34-22(18-39)16-20-10-6-4-7-11-20)37-28(41)26(23-14-15-33-30(32)35-23)38-31(44)36-24(29(42)43)17-21-12-8-5-9-13-21;1-18(2)24(26(39)33-21(17-38)15-19-9-5-3-6-10-19)36-27(40)25(22-13-14-32-29(31)34-22)37-30(43)35-23(28(41)42)16-20-11-7-4-8-12-20/h3-12,18-19,22-26H,13-17H2,1-2H3,(H,34,40)(H,35,41)(H,42,43)(H3,32,33,36)(H2,37,38,44);4-13,18-19,22-26H,3,14-17H2,1-2H3,(H,34,40)(H,37,41)(H,42,43)(H3,32,33,35)(H2,36,38,44);3-12,17-18,21-25H,13-16H2,1-2H3,(H,33,39)(H,36,40)(H,41,42)(H3,31,32,34)(H2,35,37,43)/t22-,23-,24-,25-,26-;19-,22+,23+,24+,25+,26+;21-,22-,23-,24-,25-/m010/s1. The molecule has 0 aliphatic carbocycles. The Morgan fingerprint density at radius 1 is 0.344 bits per heavy atom. The minimum atomic E-state index is -1.27. The van der Waals surface area contributed by atoms with Crippen LogP contribution in [-0.4, -0.2) is 234 Å². The molecule has 6 aromatic carbocycles. The predicted octanol–water partition coefficient (Wildman–Crippen LogP) is 1.06. The van der Waals surface area contributed by atoms with Gasteiger partial charge in [-0.25, -0.2) is 28.8 Å². The molecule has 0 unspecified atom stereocenters. The lowest BCUT2D eigenvalue weighted by atomic mass is 9.96. The van der Waals surface area contributed by atoms with Gasteiger partial charge in [0.15, 0.2) is 17.9 Å². The van der Waals surface area contributed by atoms with Gasteiger partial charge >= 0.3 is 36.0 Å². The van der Waals surface area contributed by atoms with Crippen LogP contribution in [0.15, 0.2) is 197 Å². The number of hydrogen-bond acceptors (Lipinski definition) is 24. The summed E-state index contributed by atoms with van der Waals surface area (Å²) in [7, 11) is 0. The van der Waals surface area contributed by atoms with E-state index < -0.39 is 162 Å². The largest absolute Gasteiger partial charge is 0.480 e. The first-order chi connectivity index (χ1) is 62.7. The van der Waals surface area contributed by atoms with Crippen LogP contribution in [0.1, 0.15) is 107 Å². The minimum Gasteiger partial charge on any atom is -0.480 e. The molecular formula is C92H121N21O18. The Balaban J connectivity index is 0.000000269. The zero-order chi connectivity index (χ0) is 95.5. The van der Waals surface area contributed by atoms with Crippen molar-refractivity contribution in [1.82, 2.24) is 79.8 Å². The fraction of sp³-hybridized carbons (Fsp3) is 0.413. The van der Waals surface area contributed by atoms with Crippen LogP contribution in [0.2, 0.25) is 0 Å². The van der Waals surface area contributed by atoms with E-state index in [1.807, 2.05) is 112 Å². The Morgan fingerprint density at radius 2 is 0.603 bits per heavy atom. The number of nitrogens with zero attached hydrogens (tertiary/aromatic N) is 3. The van der Waals surface area contributed by atoms with E-state index in [4.69, 9.17) is 17.2 Å². The molecule has 39 nitrogen and oxygen atoms in total. The van der Waals surface area contributed by atoms with Gasteiger partial charge in [-0.05, 0) is 96.1 Å². The number of benzene rings is 6. The molecule has 0 saturated carbocycles. The van der Waals surface area contributed by atoms with Crippen LogP contribution in [0.4, 0.5) is 14.4 Å². The number of carboxylic acid groups (broad SMARTS) is 3. The first kappa shape index (κ1) is 103. The van der Waals surface area contributed by atoms with Gasteiger partial charge in [0.25, 0.3) is 0 Å². The van der Waals surface area contributed by atoms with Crippen molar-refractivity contribution in [3.63, 3.8) is 0 Å². The highest BCUT2D eigenvalue weighted by molar-refractivity contribution is 5.98. The number of nitrogens with two attached hydrogens (primary N) is 3. The van der Waals surface area contributed by atoms with E-state index in [2.05, 4.69) is 94.7 Å².